The Morgan fingerprint density at radius 1 is 0.511 bits per heavy atom. The van der Waals surface area contributed by atoms with Crippen LogP contribution in [0.25, 0.3) is 0 Å². The zero-order valence-corrected chi connectivity index (χ0v) is 30.5. The standard InChI is InChI=1S/C38H51O6P/c1-35(2,3)27-20-24(33(39)41-13)21-28(36(4,5)6)31(27)43-45(26-18-16-15-17-19-26)44-32-29(37(7,8)9)22-25(34(40)42-14)23-30(32)38(10,11)12/h15-23H,1-14H3. The van der Waals surface area contributed by atoms with Gasteiger partial charge in [-0.05, 0) is 58.1 Å². The molecule has 0 heterocycles. The van der Waals surface area contributed by atoms with Crippen LogP contribution in [0.5, 0.6) is 11.5 Å². The Hall–Kier alpha value is -3.37. The molecule has 0 spiro atoms. The van der Waals surface area contributed by atoms with E-state index in [1.54, 1.807) is 0 Å². The Labute approximate surface area is 271 Å². The normalized spacial score (nSPS) is 12.6. The molecule has 45 heavy (non-hydrogen) atoms. The fraction of sp³-hybridized carbons (Fsp3) is 0.474. The number of ether oxygens (including phenoxy) is 2. The summed E-state index contributed by atoms with van der Waals surface area (Å²) in [6.07, 6.45) is 0. The van der Waals surface area contributed by atoms with Crippen LogP contribution < -0.4 is 14.4 Å². The molecule has 0 aliphatic rings. The second-order valence-corrected chi connectivity index (χ2v) is 17.0. The second kappa shape index (κ2) is 13.2. The summed E-state index contributed by atoms with van der Waals surface area (Å²) < 4.78 is 24.5. The lowest BCUT2D eigenvalue weighted by Gasteiger charge is -2.34. The molecule has 0 unspecified atom stereocenters. The minimum atomic E-state index is -1.75. The van der Waals surface area contributed by atoms with Crippen LogP contribution in [0.3, 0.4) is 0 Å². The third-order valence-corrected chi connectivity index (χ3v) is 8.98. The van der Waals surface area contributed by atoms with Crippen LogP contribution in [0.4, 0.5) is 0 Å². The average molecular weight is 635 g/mol. The van der Waals surface area contributed by atoms with Crippen LogP contribution in [0.2, 0.25) is 0 Å². The molecule has 3 aromatic carbocycles. The first kappa shape index (κ1) is 36.1. The molecular formula is C38H51O6P. The first-order valence-electron chi connectivity index (χ1n) is 15.4. The highest BCUT2D eigenvalue weighted by atomic mass is 31.2. The summed E-state index contributed by atoms with van der Waals surface area (Å²) in [7, 11) is 1.04. The van der Waals surface area contributed by atoms with E-state index in [4.69, 9.17) is 18.5 Å². The van der Waals surface area contributed by atoms with Gasteiger partial charge in [0.15, 0.2) is 0 Å². The molecule has 244 valence electrons. The van der Waals surface area contributed by atoms with Gasteiger partial charge in [-0.15, -0.1) is 0 Å². The highest BCUT2D eigenvalue weighted by Gasteiger charge is 2.35. The number of benzene rings is 3. The summed E-state index contributed by atoms with van der Waals surface area (Å²) in [5.41, 5.74) is 3.02. The molecule has 0 aliphatic heterocycles. The van der Waals surface area contributed by atoms with E-state index in [9.17, 15) is 9.59 Å². The zero-order valence-electron chi connectivity index (χ0n) is 29.6. The number of hydrogen-bond donors (Lipinski definition) is 0. The summed E-state index contributed by atoms with van der Waals surface area (Å²) in [6.45, 7) is 25.3. The smallest absolute Gasteiger partial charge is 0.337 e. The molecular weight excluding hydrogens is 583 g/mol. The molecule has 0 aliphatic carbocycles. The van der Waals surface area contributed by atoms with Crippen molar-refractivity contribution in [1.29, 1.82) is 0 Å². The van der Waals surface area contributed by atoms with Crippen molar-refractivity contribution in [3.8, 4) is 11.5 Å². The van der Waals surface area contributed by atoms with Gasteiger partial charge in [-0.2, -0.15) is 0 Å². The number of esters is 2. The number of carbonyl (C=O) groups excluding carboxylic acids is 2. The van der Waals surface area contributed by atoms with Gasteiger partial charge in [0.05, 0.1) is 30.7 Å². The van der Waals surface area contributed by atoms with Gasteiger partial charge >= 0.3 is 20.3 Å². The van der Waals surface area contributed by atoms with Crippen LogP contribution in [-0.4, -0.2) is 26.2 Å². The van der Waals surface area contributed by atoms with E-state index in [0.29, 0.717) is 22.6 Å². The topological polar surface area (TPSA) is 71.1 Å². The molecule has 0 atom stereocenters. The lowest BCUT2D eigenvalue weighted by Crippen LogP contribution is -2.24. The Kier molecular flexibility index (Phi) is 10.6. The molecule has 0 N–H and O–H groups in total. The number of carbonyl (C=O) groups is 2. The van der Waals surface area contributed by atoms with E-state index in [1.807, 2.05) is 54.6 Å². The lowest BCUT2D eigenvalue weighted by molar-refractivity contribution is 0.0591. The monoisotopic (exact) mass is 634 g/mol. The van der Waals surface area contributed by atoms with Gasteiger partial charge in [0.2, 0.25) is 0 Å². The summed E-state index contributed by atoms with van der Waals surface area (Å²) in [5, 5.41) is 0.890. The largest absolute Gasteiger partial charge is 0.465 e. The maximum absolute atomic E-state index is 12.8. The lowest BCUT2D eigenvalue weighted by atomic mass is 9.78. The molecule has 3 rings (SSSR count). The van der Waals surface area contributed by atoms with Crippen molar-refractivity contribution in [3.05, 3.63) is 88.0 Å². The third-order valence-electron chi connectivity index (χ3n) is 7.57. The van der Waals surface area contributed by atoms with E-state index in [0.717, 1.165) is 27.6 Å². The molecule has 3 aromatic rings. The van der Waals surface area contributed by atoms with Gasteiger partial charge in [-0.25, -0.2) is 9.59 Å². The van der Waals surface area contributed by atoms with E-state index < -0.39 is 20.3 Å². The summed E-state index contributed by atoms with van der Waals surface area (Å²) >= 11 is 0. The highest BCUT2D eigenvalue weighted by molar-refractivity contribution is 7.56. The van der Waals surface area contributed by atoms with Crippen LogP contribution in [0.15, 0.2) is 54.6 Å². The SMILES string of the molecule is COC(=O)c1cc(C(C)(C)C)c(OP(Oc2c(C(C)(C)C)cc(C(=O)OC)cc2C(C)(C)C)c2ccccc2)c(C(C)(C)C)c1. The van der Waals surface area contributed by atoms with E-state index in [-0.39, 0.29) is 21.7 Å². The van der Waals surface area contributed by atoms with Gasteiger partial charge in [0, 0.05) is 22.3 Å². The van der Waals surface area contributed by atoms with Crippen LogP contribution in [-0.2, 0) is 31.1 Å². The van der Waals surface area contributed by atoms with Crippen LogP contribution >= 0.6 is 8.38 Å². The fourth-order valence-electron chi connectivity index (χ4n) is 4.99. The summed E-state index contributed by atoms with van der Waals surface area (Å²) in [6, 6.07) is 17.4. The molecule has 0 bridgehead atoms. The molecule has 0 saturated carbocycles. The predicted molar refractivity (Wildman–Crippen MR) is 185 cm³/mol. The number of methoxy groups -OCH3 is 2. The zero-order chi connectivity index (χ0) is 34.1. The fourth-order valence-corrected chi connectivity index (χ4v) is 6.38. The number of hydrogen-bond acceptors (Lipinski definition) is 6. The minimum absolute atomic E-state index is 0.369. The van der Waals surface area contributed by atoms with Gasteiger partial charge in [-0.1, -0.05) is 101 Å². The van der Waals surface area contributed by atoms with E-state index in [1.165, 1.54) is 14.2 Å². The molecule has 6 nitrogen and oxygen atoms in total. The minimum Gasteiger partial charge on any atom is -0.465 e. The van der Waals surface area contributed by atoms with Crippen LogP contribution in [0.1, 0.15) is 126 Å². The second-order valence-electron chi connectivity index (χ2n) is 15.6. The number of rotatable bonds is 7. The maximum Gasteiger partial charge on any atom is 0.337 e. The third kappa shape index (κ3) is 8.47. The van der Waals surface area contributed by atoms with Crippen molar-refractivity contribution < 1.29 is 28.1 Å². The maximum atomic E-state index is 12.8. The predicted octanol–water partition coefficient (Wildman–Crippen LogP) is 9.54. The van der Waals surface area contributed by atoms with Crippen molar-refractivity contribution in [2.45, 2.75) is 105 Å². The Balaban J connectivity index is 2.40. The Morgan fingerprint density at radius 2 is 0.800 bits per heavy atom. The first-order chi connectivity index (χ1) is 20.6. The van der Waals surface area contributed by atoms with Gasteiger partial charge < -0.3 is 18.5 Å². The average Bonchev–Trinajstić information content (AvgIpc) is 2.94. The van der Waals surface area contributed by atoms with Crippen molar-refractivity contribution in [2.75, 3.05) is 14.2 Å². The van der Waals surface area contributed by atoms with E-state index >= 15 is 0 Å². The molecule has 0 saturated heterocycles. The van der Waals surface area contributed by atoms with Crippen molar-refractivity contribution in [1.82, 2.24) is 0 Å². The van der Waals surface area contributed by atoms with Crippen LogP contribution in [0, 0.1) is 0 Å². The summed E-state index contributed by atoms with van der Waals surface area (Å²) in [5.74, 6) is 0.598. The first-order valence-corrected chi connectivity index (χ1v) is 16.5. The Bertz CT molecular complexity index is 1360. The Morgan fingerprint density at radius 3 is 1.04 bits per heavy atom. The van der Waals surface area contributed by atoms with Gasteiger partial charge in [-0.3, -0.25) is 0 Å². The van der Waals surface area contributed by atoms with Crippen molar-refractivity contribution in [2.24, 2.45) is 0 Å². The molecule has 7 heteroatoms. The van der Waals surface area contributed by atoms with Crippen molar-refractivity contribution in [3.63, 3.8) is 0 Å². The highest BCUT2D eigenvalue weighted by Crippen LogP contribution is 2.51. The molecule has 0 aromatic heterocycles. The van der Waals surface area contributed by atoms with Gasteiger partial charge in [0.25, 0.3) is 0 Å². The molecule has 0 radical (unpaired) electrons. The molecule has 0 amide bonds. The summed E-state index contributed by atoms with van der Waals surface area (Å²) in [4.78, 5) is 25.6. The van der Waals surface area contributed by atoms with E-state index in [2.05, 4.69) is 83.1 Å². The van der Waals surface area contributed by atoms with Gasteiger partial charge in [0.1, 0.15) is 11.5 Å². The quantitative estimate of drug-likeness (QED) is 0.190. The molecule has 0 fully saturated rings. The van der Waals surface area contributed by atoms with Crippen molar-refractivity contribution >= 4 is 25.6 Å².